The minimum absolute atomic E-state index is 0.0137. The van der Waals surface area contributed by atoms with Crippen LogP contribution in [0.5, 0.6) is 0 Å². The Balaban J connectivity index is 1.66. The number of nitrogens with zero attached hydrogens (tertiary/aromatic N) is 2. The predicted molar refractivity (Wildman–Crippen MR) is 87.0 cm³/mol. The number of thiazole rings is 1. The van der Waals surface area contributed by atoms with E-state index in [0.29, 0.717) is 25.2 Å². The van der Waals surface area contributed by atoms with E-state index in [1.165, 1.54) is 0 Å². The van der Waals surface area contributed by atoms with E-state index < -0.39 is 6.10 Å². The monoisotopic (exact) mass is 317 g/mol. The lowest BCUT2D eigenvalue weighted by Crippen LogP contribution is -2.42. The average molecular weight is 317 g/mol. The number of carbonyl (C=O) groups excluding carboxylic acids is 1. The Kier molecular flexibility index (Phi) is 4.70. The number of aromatic nitrogens is 1. The maximum absolute atomic E-state index is 12.5. The summed E-state index contributed by atoms with van der Waals surface area (Å²) < 4.78 is 0. The van der Waals surface area contributed by atoms with E-state index in [-0.39, 0.29) is 5.91 Å². The van der Waals surface area contributed by atoms with Crippen molar-refractivity contribution in [1.82, 2.24) is 9.88 Å². The molecule has 1 aromatic carbocycles. The third-order valence-electron chi connectivity index (χ3n) is 3.74. The molecule has 6 heteroatoms. The highest BCUT2D eigenvalue weighted by Gasteiger charge is 2.23. The fourth-order valence-corrected chi connectivity index (χ4v) is 3.14. The van der Waals surface area contributed by atoms with E-state index in [1.807, 2.05) is 30.5 Å². The van der Waals surface area contributed by atoms with Gasteiger partial charge in [-0.15, -0.1) is 11.3 Å². The van der Waals surface area contributed by atoms with Crippen LogP contribution >= 0.6 is 11.3 Å². The van der Waals surface area contributed by atoms with Crippen LogP contribution in [0, 0.1) is 0 Å². The van der Waals surface area contributed by atoms with Gasteiger partial charge in [0.2, 0.25) is 0 Å². The lowest BCUT2D eigenvalue weighted by molar-refractivity contribution is 0.0474. The Morgan fingerprint density at radius 1 is 1.50 bits per heavy atom. The van der Waals surface area contributed by atoms with Crippen molar-refractivity contribution in [3.63, 3.8) is 0 Å². The number of carbonyl (C=O) groups is 1. The third kappa shape index (κ3) is 3.64. The summed E-state index contributed by atoms with van der Waals surface area (Å²) >= 11 is 1.60. The molecule has 0 bridgehead atoms. The number of hydrogen-bond donors (Lipinski definition) is 2. The smallest absolute Gasteiger partial charge is 0.254 e. The molecule has 0 radical (unpaired) electrons. The normalized spacial score (nSPS) is 18.2. The summed E-state index contributed by atoms with van der Waals surface area (Å²) in [4.78, 5) is 19.4. The van der Waals surface area contributed by atoms with E-state index >= 15 is 0 Å². The Labute approximate surface area is 133 Å². The molecule has 116 valence electrons. The molecule has 2 N–H and O–H groups in total. The molecule has 0 spiro atoms. The van der Waals surface area contributed by atoms with Crippen LogP contribution in [0.25, 0.3) is 0 Å². The first-order chi connectivity index (χ1) is 10.7. The van der Waals surface area contributed by atoms with Crippen molar-refractivity contribution in [3.05, 3.63) is 46.4 Å². The summed E-state index contributed by atoms with van der Waals surface area (Å²) in [5.74, 6) is -0.0137. The molecule has 1 atom stereocenters. The number of anilines is 1. The Morgan fingerprint density at radius 2 is 2.41 bits per heavy atom. The van der Waals surface area contributed by atoms with Gasteiger partial charge >= 0.3 is 0 Å². The van der Waals surface area contributed by atoms with Crippen molar-refractivity contribution < 1.29 is 9.90 Å². The van der Waals surface area contributed by atoms with Gasteiger partial charge in [0.1, 0.15) is 0 Å². The molecule has 2 aromatic rings. The van der Waals surface area contributed by atoms with Crippen molar-refractivity contribution in [1.29, 1.82) is 0 Å². The number of β-amino-alcohol motifs (C(OH)–C–C–N with tert-alkyl or cyclic N) is 1. The molecule has 2 heterocycles. The zero-order valence-electron chi connectivity index (χ0n) is 12.2. The predicted octanol–water partition coefficient (Wildman–Crippen LogP) is 2.35. The number of nitrogens with one attached hydrogen (secondary N) is 1. The van der Waals surface area contributed by atoms with Gasteiger partial charge in [-0.3, -0.25) is 9.78 Å². The maximum Gasteiger partial charge on any atom is 0.254 e. The lowest BCUT2D eigenvalue weighted by Gasteiger charge is -2.30. The summed E-state index contributed by atoms with van der Waals surface area (Å²) in [5, 5.41) is 13.0. The molecule has 5 nitrogen and oxygen atoms in total. The van der Waals surface area contributed by atoms with Gasteiger partial charge in [-0.05, 0) is 31.0 Å². The quantitative estimate of drug-likeness (QED) is 0.908. The molecule has 22 heavy (non-hydrogen) atoms. The highest BCUT2D eigenvalue weighted by molar-refractivity contribution is 7.09. The standard InChI is InChI=1S/C16H19N3O2S/c20-14-5-2-6-19(10-14)16(21)12-3-1-4-13(7-12)18-9-15-8-17-11-22-15/h1,3-4,7-8,11,14,18,20H,2,5-6,9-10H2. The number of aliphatic hydroxyl groups is 1. The van der Waals surface area contributed by atoms with Crippen molar-refractivity contribution in [2.45, 2.75) is 25.5 Å². The first kappa shape index (κ1) is 15.0. The van der Waals surface area contributed by atoms with Crippen LogP contribution in [0.1, 0.15) is 28.1 Å². The van der Waals surface area contributed by atoms with Gasteiger partial charge < -0.3 is 15.3 Å². The topological polar surface area (TPSA) is 65.5 Å². The van der Waals surface area contributed by atoms with Gasteiger partial charge in [-0.2, -0.15) is 0 Å². The van der Waals surface area contributed by atoms with Crippen LogP contribution < -0.4 is 5.32 Å². The second-order valence-electron chi connectivity index (χ2n) is 5.45. The minimum atomic E-state index is -0.398. The highest BCUT2D eigenvalue weighted by Crippen LogP contribution is 2.17. The fourth-order valence-electron chi connectivity index (χ4n) is 2.60. The molecule has 0 aliphatic carbocycles. The van der Waals surface area contributed by atoms with E-state index in [4.69, 9.17) is 0 Å². The van der Waals surface area contributed by atoms with Gasteiger partial charge in [0, 0.05) is 35.4 Å². The summed E-state index contributed by atoms with van der Waals surface area (Å²) in [6.07, 6.45) is 3.07. The molecule has 1 fully saturated rings. The van der Waals surface area contributed by atoms with Crippen molar-refractivity contribution in [3.8, 4) is 0 Å². The number of rotatable bonds is 4. The molecule has 1 aliphatic rings. The second-order valence-corrected chi connectivity index (χ2v) is 6.42. The van der Waals surface area contributed by atoms with Crippen LogP contribution in [0.3, 0.4) is 0 Å². The third-order valence-corrected chi connectivity index (χ3v) is 4.52. The minimum Gasteiger partial charge on any atom is -0.391 e. The largest absolute Gasteiger partial charge is 0.391 e. The highest BCUT2D eigenvalue weighted by atomic mass is 32.1. The van der Waals surface area contributed by atoms with Crippen LogP contribution in [0.4, 0.5) is 5.69 Å². The van der Waals surface area contributed by atoms with Crippen LogP contribution in [0.2, 0.25) is 0 Å². The number of hydrogen-bond acceptors (Lipinski definition) is 5. The summed E-state index contributed by atoms with van der Waals surface area (Å²) in [7, 11) is 0. The summed E-state index contributed by atoms with van der Waals surface area (Å²) in [5.41, 5.74) is 3.37. The van der Waals surface area contributed by atoms with E-state index in [1.54, 1.807) is 21.7 Å². The number of aliphatic hydroxyl groups excluding tert-OH is 1. The van der Waals surface area contributed by atoms with Crippen LogP contribution in [0.15, 0.2) is 36.0 Å². The molecule has 0 saturated carbocycles. The van der Waals surface area contributed by atoms with E-state index in [0.717, 1.165) is 23.4 Å². The van der Waals surface area contributed by atoms with Gasteiger partial charge in [-0.1, -0.05) is 6.07 Å². The summed E-state index contributed by atoms with van der Waals surface area (Å²) in [6.45, 7) is 1.84. The van der Waals surface area contributed by atoms with Crippen molar-refractivity contribution in [2.24, 2.45) is 0 Å². The Morgan fingerprint density at radius 3 is 3.18 bits per heavy atom. The van der Waals surface area contributed by atoms with E-state index in [2.05, 4.69) is 10.3 Å². The van der Waals surface area contributed by atoms with Crippen LogP contribution in [-0.2, 0) is 6.54 Å². The number of amides is 1. The van der Waals surface area contributed by atoms with Crippen LogP contribution in [-0.4, -0.2) is 40.1 Å². The van der Waals surface area contributed by atoms with Gasteiger partial charge in [0.25, 0.3) is 5.91 Å². The second kappa shape index (κ2) is 6.89. The van der Waals surface area contributed by atoms with Crippen molar-refractivity contribution in [2.75, 3.05) is 18.4 Å². The van der Waals surface area contributed by atoms with E-state index in [9.17, 15) is 9.90 Å². The maximum atomic E-state index is 12.5. The number of likely N-dealkylation sites (tertiary alicyclic amines) is 1. The molecular formula is C16H19N3O2S. The molecule has 1 amide bonds. The zero-order chi connectivity index (χ0) is 15.4. The molecular weight excluding hydrogens is 298 g/mol. The SMILES string of the molecule is O=C(c1cccc(NCc2cncs2)c1)N1CCCC(O)C1. The molecule has 1 unspecified atom stereocenters. The molecule has 1 aliphatic heterocycles. The van der Waals surface area contributed by atoms with Gasteiger partial charge in [0.05, 0.1) is 18.2 Å². The first-order valence-electron chi connectivity index (χ1n) is 7.41. The lowest BCUT2D eigenvalue weighted by atomic mass is 10.1. The average Bonchev–Trinajstić information content (AvgIpc) is 3.06. The van der Waals surface area contributed by atoms with Gasteiger partial charge in [-0.25, -0.2) is 0 Å². The van der Waals surface area contributed by atoms with Gasteiger partial charge in [0.15, 0.2) is 0 Å². The fraction of sp³-hybridized carbons (Fsp3) is 0.375. The molecule has 3 rings (SSSR count). The molecule has 1 aromatic heterocycles. The summed E-state index contributed by atoms with van der Waals surface area (Å²) in [6, 6.07) is 7.51. The van der Waals surface area contributed by atoms with Crippen molar-refractivity contribution >= 4 is 22.9 Å². The number of benzene rings is 1. The zero-order valence-corrected chi connectivity index (χ0v) is 13.1. The Bertz CT molecular complexity index is 630. The first-order valence-corrected chi connectivity index (χ1v) is 8.29. The Hall–Kier alpha value is -1.92. The number of piperidine rings is 1. The molecule has 1 saturated heterocycles.